The summed E-state index contributed by atoms with van der Waals surface area (Å²) in [4.78, 5) is 14.2. The number of rotatable bonds is 3. The Bertz CT molecular complexity index is 787. The molecule has 0 unspecified atom stereocenters. The first-order chi connectivity index (χ1) is 11.9. The summed E-state index contributed by atoms with van der Waals surface area (Å²) in [6, 6.07) is 5.56. The van der Waals surface area contributed by atoms with Crippen LogP contribution in [0.4, 0.5) is 0 Å². The van der Waals surface area contributed by atoms with Gasteiger partial charge in [-0.1, -0.05) is 11.6 Å². The van der Waals surface area contributed by atoms with Gasteiger partial charge >= 0.3 is 0 Å². The Kier molecular flexibility index (Phi) is 5.29. The molecule has 1 aromatic rings. The van der Waals surface area contributed by atoms with E-state index in [1.165, 1.54) is 21.9 Å². The normalized spacial score (nSPS) is 18.6. The minimum absolute atomic E-state index is 0.0363. The molecule has 0 aromatic heterocycles. The second-order valence-electron chi connectivity index (χ2n) is 7.09. The van der Waals surface area contributed by atoms with Crippen molar-refractivity contribution in [3.63, 3.8) is 0 Å². The van der Waals surface area contributed by atoms with E-state index in [9.17, 15) is 13.2 Å². The summed E-state index contributed by atoms with van der Waals surface area (Å²) < 4.78 is 27.4. The third-order valence-electron chi connectivity index (χ3n) is 4.92. The minimum atomic E-state index is -3.49. The van der Waals surface area contributed by atoms with Gasteiger partial charge in [-0.3, -0.25) is 4.79 Å². The molecule has 1 fully saturated rings. The van der Waals surface area contributed by atoms with Crippen molar-refractivity contribution in [2.24, 2.45) is 0 Å². The van der Waals surface area contributed by atoms with Crippen LogP contribution in [0.25, 0.3) is 0 Å². The van der Waals surface area contributed by atoms with Crippen LogP contribution in [0.1, 0.15) is 37.8 Å². The van der Waals surface area contributed by atoms with Crippen LogP contribution in [0.2, 0.25) is 0 Å². The van der Waals surface area contributed by atoms with E-state index >= 15 is 0 Å². The highest BCUT2D eigenvalue weighted by molar-refractivity contribution is 7.89. The Hall–Kier alpha value is -1.66. The molecule has 5 nitrogen and oxygen atoms in total. The number of piperazine rings is 1. The van der Waals surface area contributed by atoms with E-state index < -0.39 is 10.0 Å². The average molecular weight is 362 g/mol. The molecule has 0 saturated carbocycles. The van der Waals surface area contributed by atoms with Crippen LogP contribution in [0.5, 0.6) is 0 Å². The van der Waals surface area contributed by atoms with E-state index in [4.69, 9.17) is 0 Å². The van der Waals surface area contributed by atoms with Crippen molar-refractivity contribution < 1.29 is 13.2 Å². The van der Waals surface area contributed by atoms with Crippen molar-refractivity contribution in [3.05, 3.63) is 41.0 Å². The molecule has 2 aliphatic rings. The zero-order chi connectivity index (χ0) is 18.0. The molecule has 0 atom stereocenters. The first-order valence-electron chi connectivity index (χ1n) is 8.94. The second-order valence-corrected chi connectivity index (χ2v) is 9.03. The minimum Gasteiger partial charge on any atom is -0.337 e. The topological polar surface area (TPSA) is 57.7 Å². The van der Waals surface area contributed by atoms with Gasteiger partial charge in [0.25, 0.3) is 0 Å². The maximum atomic E-state index is 12.9. The molecule has 136 valence electrons. The molecule has 1 aliphatic heterocycles. The zero-order valence-corrected chi connectivity index (χ0v) is 15.8. The Labute approximate surface area is 150 Å². The highest BCUT2D eigenvalue weighted by Gasteiger charge is 2.30. The second kappa shape index (κ2) is 7.30. The fourth-order valence-electron chi connectivity index (χ4n) is 3.51. The number of benzene rings is 1. The smallest absolute Gasteiger partial charge is 0.246 e. The van der Waals surface area contributed by atoms with Crippen molar-refractivity contribution >= 4 is 15.9 Å². The summed E-state index contributed by atoms with van der Waals surface area (Å²) in [7, 11) is -3.49. The van der Waals surface area contributed by atoms with Gasteiger partial charge in [0, 0.05) is 32.3 Å². The molecule has 1 amide bonds. The highest BCUT2D eigenvalue weighted by Crippen LogP contribution is 2.26. The molecular weight excluding hydrogens is 336 g/mol. The van der Waals surface area contributed by atoms with Crippen LogP contribution in [0.15, 0.2) is 34.7 Å². The van der Waals surface area contributed by atoms with Crippen LogP contribution in [0, 0.1) is 0 Å². The van der Waals surface area contributed by atoms with Gasteiger partial charge in [-0.05, 0) is 62.8 Å². The van der Waals surface area contributed by atoms with Gasteiger partial charge < -0.3 is 4.90 Å². The molecule has 1 saturated heterocycles. The molecule has 0 radical (unpaired) electrons. The molecule has 1 aliphatic carbocycles. The zero-order valence-electron chi connectivity index (χ0n) is 15.0. The Morgan fingerprint density at radius 2 is 1.64 bits per heavy atom. The van der Waals surface area contributed by atoms with Gasteiger partial charge in [-0.2, -0.15) is 4.31 Å². The maximum absolute atomic E-state index is 12.9. The van der Waals surface area contributed by atoms with Gasteiger partial charge in [0.2, 0.25) is 15.9 Å². The van der Waals surface area contributed by atoms with Gasteiger partial charge in [0.15, 0.2) is 0 Å². The molecule has 0 bridgehead atoms. The van der Waals surface area contributed by atoms with Crippen molar-refractivity contribution in [2.45, 2.75) is 44.4 Å². The van der Waals surface area contributed by atoms with Crippen LogP contribution in [-0.4, -0.2) is 49.7 Å². The van der Waals surface area contributed by atoms with Crippen molar-refractivity contribution in [3.8, 4) is 0 Å². The number of nitrogens with zero attached hydrogens (tertiary/aromatic N) is 2. The monoisotopic (exact) mass is 362 g/mol. The number of amides is 1. The number of fused-ring (bicyclic) bond motifs is 1. The third-order valence-corrected chi connectivity index (χ3v) is 6.81. The number of carbonyl (C=O) groups is 1. The summed E-state index contributed by atoms with van der Waals surface area (Å²) in [5, 5.41) is 0. The fourth-order valence-corrected chi connectivity index (χ4v) is 4.98. The molecule has 1 aromatic carbocycles. The van der Waals surface area contributed by atoms with Gasteiger partial charge in [-0.15, -0.1) is 0 Å². The molecule has 25 heavy (non-hydrogen) atoms. The molecule has 0 N–H and O–H groups in total. The first-order valence-corrected chi connectivity index (χ1v) is 10.4. The summed E-state index contributed by atoms with van der Waals surface area (Å²) in [5.41, 5.74) is 3.40. The quantitative estimate of drug-likeness (QED) is 0.776. The van der Waals surface area contributed by atoms with Crippen LogP contribution >= 0.6 is 0 Å². The number of carbonyl (C=O) groups excluding carboxylic acids is 1. The summed E-state index contributed by atoms with van der Waals surface area (Å²) in [6.07, 6.45) is 5.92. The van der Waals surface area contributed by atoms with E-state index in [1.54, 1.807) is 17.0 Å². The number of sulfonamides is 1. The summed E-state index contributed by atoms with van der Waals surface area (Å²) >= 11 is 0. The molecule has 0 spiro atoms. The largest absolute Gasteiger partial charge is 0.337 e. The van der Waals surface area contributed by atoms with Crippen LogP contribution in [0.3, 0.4) is 0 Å². The average Bonchev–Trinajstić information content (AvgIpc) is 2.61. The van der Waals surface area contributed by atoms with E-state index in [0.717, 1.165) is 24.8 Å². The molecule has 1 heterocycles. The number of aryl methyl sites for hydroxylation is 2. The van der Waals surface area contributed by atoms with Crippen molar-refractivity contribution in [1.82, 2.24) is 9.21 Å². The SMILES string of the molecule is CC(C)=CC(=O)N1CCN(S(=O)(=O)c2ccc3c(c2)CCCC3)CC1. The Morgan fingerprint density at radius 1 is 1.00 bits per heavy atom. The third kappa shape index (κ3) is 3.96. The van der Waals surface area contributed by atoms with Gasteiger partial charge in [-0.25, -0.2) is 8.42 Å². The Balaban J connectivity index is 1.72. The lowest BCUT2D eigenvalue weighted by atomic mass is 9.92. The van der Waals surface area contributed by atoms with Crippen molar-refractivity contribution in [1.29, 1.82) is 0 Å². The lowest BCUT2D eigenvalue weighted by Crippen LogP contribution is -2.50. The van der Waals surface area contributed by atoms with E-state index in [2.05, 4.69) is 0 Å². The number of hydrogen-bond acceptors (Lipinski definition) is 3. The molecule has 6 heteroatoms. The van der Waals surface area contributed by atoms with E-state index in [0.29, 0.717) is 31.1 Å². The van der Waals surface area contributed by atoms with Crippen molar-refractivity contribution in [2.75, 3.05) is 26.2 Å². The predicted octanol–water partition coefficient (Wildman–Crippen LogP) is 2.36. The number of hydrogen-bond donors (Lipinski definition) is 0. The van der Waals surface area contributed by atoms with Crippen LogP contribution in [-0.2, 0) is 27.7 Å². The molecule has 3 rings (SSSR count). The first kappa shape index (κ1) is 18.1. The van der Waals surface area contributed by atoms with Gasteiger partial charge in [0.1, 0.15) is 0 Å². The standard InChI is InChI=1S/C19H26N2O3S/c1-15(2)13-19(22)20-9-11-21(12-10-20)25(23,24)18-8-7-16-5-3-4-6-17(16)14-18/h7-8,13-14H,3-6,9-12H2,1-2H3. The maximum Gasteiger partial charge on any atom is 0.246 e. The summed E-state index contributed by atoms with van der Waals surface area (Å²) in [5.74, 6) is -0.0363. The fraction of sp³-hybridized carbons (Fsp3) is 0.526. The van der Waals surface area contributed by atoms with Crippen LogP contribution < -0.4 is 0 Å². The Morgan fingerprint density at radius 3 is 2.28 bits per heavy atom. The van der Waals surface area contributed by atoms with E-state index in [1.807, 2.05) is 26.0 Å². The molecular formula is C19H26N2O3S. The number of allylic oxidation sites excluding steroid dienone is 1. The highest BCUT2D eigenvalue weighted by atomic mass is 32.2. The lowest BCUT2D eigenvalue weighted by Gasteiger charge is -2.33. The summed E-state index contributed by atoms with van der Waals surface area (Å²) in [6.45, 7) is 5.34. The predicted molar refractivity (Wildman–Crippen MR) is 97.9 cm³/mol. The van der Waals surface area contributed by atoms with Gasteiger partial charge in [0.05, 0.1) is 4.90 Å². The van der Waals surface area contributed by atoms with E-state index in [-0.39, 0.29) is 5.91 Å². The lowest BCUT2D eigenvalue weighted by molar-refractivity contribution is -0.127.